The van der Waals surface area contributed by atoms with Crippen molar-refractivity contribution in [2.45, 2.75) is 6.10 Å². The Morgan fingerprint density at radius 2 is 3.00 bits per heavy atom. The highest BCUT2D eigenvalue weighted by molar-refractivity contribution is 4.65. The molecule has 1 rings (SSSR count). The van der Waals surface area contributed by atoms with Gasteiger partial charge in [-0.1, -0.05) is 0 Å². The summed E-state index contributed by atoms with van der Waals surface area (Å²) in [5.74, 6) is 0. The molecule has 2 heteroatoms. The molecule has 1 unspecified atom stereocenters. The molecule has 1 aliphatic heterocycles. The molecule has 5 heavy (non-hydrogen) atoms. The van der Waals surface area contributed by atoms with Crippen molar-refractivity contribution in [2.24, 2.45) is 0 Å². The second-order valence-corrected chi connectivity index (χ2v) is 0.951. The van der Waals surface area contributed by atoms with Crippen LogP contribution in [0.3, 0.4) is 0 Å². The van der Waals surface area contributed by atoms with Crippen molar-refractivity contribution in [1.29, 1.82) is 0 Å². The molecule has 1 saturated heterocycles. The minimum Gasteiger partial charge on any atom is -0.394 e. The van der Waals surface area contributed by atoms with Gasteiger partial charge in [0.15, 0.2) is 0 Å². The molecule has 1 atom stereocenters. The van der Waals surface area contributed by atoms with Gasteiger partial charge in [0.1, 0.15) is 6.10 Å². The van der Waals surface area contributed by atoms with E-state index < -0.39 is 12.7 Å². The van der Waals surface area contributed by atoms with Crippen LogP contribution >= 0.6 is 0 Å². The van der Waals surface area contributed by atoms with Crippen LogP contribution in [0.5, 0.6) is 0 Å². The molecule has 0 spiro atoms. The summed E-state index contributed by atoms with van der Waals surface area (Å²) in [5.41, 5.74) is 0. The van der Waals surface area contributed by atoms with Crippen molar-refractivity contribution in [3.63, 3.8) is 0 Å². The lowest BCUT2D eigenvalue weighted by Gasteiger charge is -1.70. The van der Waals surface area contributed by atoms with E-state index >= 15 is 0 Å². The van der Waals surface area contributed by atoms with Crippen LogP contribution < -0.4 is 0 Å². The topological polar surface area (TPSA) is 32.8 Å². The highest BCUT2D eigenvalue weighted by Crippen LogP contribution is 2.04. The summed E-state index contributed by atoms with van der Waals surface area (Å²) < 4.78 is 17.5. The first-order chi connectivity index (χ1) is 3.11. The second kappa shape index (κ2) is 0.954. The van der Waals surface area contributed by atoms with Gasteiger partial charge < -0.3 is 9.84 Å². The highest BCUT2D eigenvalue weighted by Gasteiger charge is 2.19. The number of ether oxygens (including phenoxy) is 1. The summed E-state index contributed by atoms with van der Waals surface area (Å²) in [7, 11) is 0. The highest BCUT2D eigenvalue weighted by atomic mass is 18.4. The average molecular weight is 78.1 g/mol. The van der Waals surface area contributed by atoms with E-state index in [-0.39, 0.29) is 0 Å². The quantitative estimate of drug-likeness (QED) is 0.335. The molecule has 0 aliphatic carbocycles. The van der Waals surface area contributed by atoms with Gasteiger partial charge in [0.05, 0.1) is 15.9 Å². The molecule has 0 bridgehead atoms. The van der Waals surface area contributed by atoms with E-state index in [1.165, 1.54) is 0 Å². The van der Waals surface area contributed by atoms with Crippen molar-refractivity contribution in [3.8, 4) is 0 Å². The Balaban J connectivity index is 2.36. The lowest BCUT2D eigenvalue weighted by molar-refractivity contribution is 0.244. The van der Waals surface area contributed by atoms with E-state index in [2.05, 4.69) is 4.74 Å². The molecule has 2 nitrogen and oxygen atoms in total. The number of rotatable bonds is 1. The lowest BCUT2D eigenvalue weighted by atomic mass is 10.5. The smallest absolute Gasteiger partial charge is 0.104 e. The number of hydrogen-bond acceptors (Lipinski definition) is 2. The Morgan fingerprint density at radius 1 is 2.40 bits per heavy atom. The predicted molar refractivity (Wildman–Crippen MR) is 16.8 cm³/mol. The first-order valence-corrected chi connectivity index (χ1v) is 1.44. The first-order valence-electron chi connectivity index (χ1n) is 2.44. The zero-order chi connectivity index (χ0) is 5.49. The van der Waals surface area contributed by atoms with Gasteiger partial charge in [-0.3, -0.25) is 0 Å². The Kier molecular flexibility index (Phi) is 0.301. The minimum absolute atomic E-state index is 0.351. The molecule has 1 N–H and O–H groups in total. The van der Waals surface area contributed by atoms with Crippen LogP contribution in [0, 0.1) is 0 Å². The predicted octanol–water partition coefficient (Wildman–Crippen LogP) is -0.623. The Morgan fingerprint density at radius 3 is 3.00 bits per heavy atom. The number of aliphatic hydroxyl groups is 1. The van der Waals surface area contributed by atoms with E-state index in [9.17, 15) is 0 Å². The summed E-state index contributed by atoms with van der Waals surface area (Å²) >= 11 is 0. The molecule has 1 fully saturated rings. The van der Waals surface area contributed by atoms with E-state index in [0.29, 0.717) is 6.61 Å². The summed E-state index contributed by atoms with van der Waals surface area (Å²) in [5, 5.41) is 8.37. The molecule has 0 aromatic carbocycles. The fourth-order valence-electron chi connectivity index (χ4n) is 0.123. The normalized spacial score (nSPS) is 43.0. The van der Waals surface area contributed by atoms with E-state index in [4.69, 9.17) is 7.85 Å². The van der Waals surface area contributed by atoms with Gasteiger partial charge in [0.25, 0.3) is 0 Å². The lowest BCUT2D eigenvalue weighted by Crippen LogP contribution is -1.88. The summed E-state index contributed by atoms with van der Waals surface area (Å²) in [6.45, 7) is -1.76. The van der Waals surface area contributed by atoms with E-state index in [0.717, 1.165) is 0 Å². The van der Waals surface area contributed by atoms with Gasteiger partial charge in [-0.15, -0.1) is 0 Å². The largest absolute Gasteiger partial charge is 0.394 e. The number of hydrogen-bond donors (Lipinski definition) is 1. The minimum atomic E-state index is -2.11. The van der Waals surface area contributed by atoms with Crippen molar-refractivity contribution < 1.29 is 12.6 Å². The maximum atomic E-state index is 8.37. The fraction of sp³-hybridized carbons (Fsp3) is 1.00. The Hall–Kier alpha value is -0.0800. The Labute approximate surface area is 33.2 Å². The molecule has 0 radical (unpaired) electrons. The standard InChI is InChI=1S/C3H6O2/c4-1-3-2-5-3/h3-4H,1-2H2/i1D2,5+2. The third-order valence-corrected chi connectivity index (χ3v) is 0.477. The zero-order valence-corrected chi connectivity index (χ0v) is 2.64. The maximum absolute atomic E-state index is 8.37. The summed E-state index contributed by atoms with van der Waals surface area (Å²) in [6, 6.07) is 0. The number of epoxide rings is 1. The van der Waals surface area contributed by atoms with Crippen molar-refractivity contribution in [3.05, 3.63) is 0 Å². The molecule has 1 heterocycles. The van der Waals surface area contributed by atoms with Gasteiger partial charge in [-0.2, -0.15) is 0 Å². The Bertz CT molecular complexity index is 73.5. The molecule has 1 aliphatic rings. The van der Waals surface area contributed by atoms with Crippen molar-refractivity contribution in [1.82, 2.24) is 0 Å². The summed E-state index contributed by atoms with van der Waals surface area (Å²) in [4.78, 5) is 0. The van der Waals surface area contributed by atoms with Gasteiger partial charge in [-0.25, -0.2) is 0 Å². The van der Waals surface area contributed by atoms with Gasteiger partial charge >= 0.3 is 0 Å². The van der Waals surface area contributed by atoms with Crippen LogP contribution in [-0.4, -0.2) is 24.4 Å². The fourth-order valence-corrected chi connectivity index (χ4v) is 0.123. The third kappa shape index (κ3) is 0.597. The van der Waals surface area contributed by atoms with Crippen molar-refractivity contribution in [2.75, 3.05) is 13.2 Å². The van der Waals surface area contributed by atoms with Crippen LogP contribution in [0.4, 0.5) is 0 Å². The monoisotopic (exact) mass is 78.1 g/mol. The first kappa shape index (κ1) is 1.58. The second-order valence-electron chi connectivity index (χ2n) is 0.951. The van der Waals surface area contributed by atoms with Crippen LogP contribution in [-0.2, 0) is 4.74 Å². The van der Waals surface area contributed by atoms with E-state index in [1.54, 1.807) is 0 Å². The zero-order valence-electron chi connectivity index (χ0n) is 4.64. The van der Waals surface area contributed by atoms with Gasteiger partial charge in [-0.05, 0) is 0 Å². The molecule has 0 aromatic rings. The van der Waals surface area contributed by atoms with Gasteiger partial charge in [0.2, 0.25) is 0 Å². The van der Waals surface area contributed by atoms with Crippen LogP contribution in [0.25, 0.3) is 0 Å². The third-order valence-electron chi connectivity index (χ3n) is 0.477. The van der Waals surface area contributed by atoms with E-state index in [1.807, 2.05) is 0 Å². The molecular formula is C3H6O2. The maximum Gasteiger partial charge on any atom is 0.104 e. The molecule has 30 valence electrons. The average Bonchev–Trinajstić information content (AvgIpc) is 1.99. The van der Waals surface area contributed by atoms with Crippen LogP contribution in [0.1, 0.15) is 2.74 Å². The van der Waals surface area contributed by atoms with Crippen LogP contribution in [0.15, 0.2) is 0 Å². The molecular weight excluding hydrogens is 70.0 g/mol. The SMILES string of the molecule is [2H]C([2H])(O)C1C[18O]1. The van der Waals surface area contributed by atoms with Crippen LogP contribution in [0.2, 0.25) is 0 Å². The molecule has 0 saturated carbocycles. The summed E-state index contributed by atoms with van der Waals surface area (Å²) in [6.07, 6.45) is -0.563. The van der Waals surface area contributed by atoms with Crippen molar-refractivity contribution >= 4 is 0 Å². The van der Waals surface area contributed by atoms with Gasteiger partial charge in [0, 0.05) is 0 Å². The molecule has 0 amide bonds. The molecule has 0 aromatic heterocycles.